The molecule has 0 spiro atoms. The number of hydrogen-bond donors (Lipinski definition) is 2. The van der Waals surface area contributed by atoms with E-state index in [-0.39, 0.29) is 11.8 Å². The summed E-state index contributed by atoms with van der Waals surface area (Å²) in [5.74, 6) is -0.189. The monoisotopic (exact) mass is 160 g/mol. The second-order valence-electron chi connectivity index (χ2n) is 2.31. The van der Waals surface area contributed by atoms with E-state index in [0.29, 0.717) is 17.8 Å². The van der Waals surface area contributed by atoms with E-state index < -0.39 is 0 Å². The number of rotatable bonds is 4. The summed E-state index contributed by atoms with van der Waals surface area (Å²) in [6.45, 7) is 1.88. The molecule has 4 heteroatoms. The van der Waals surface area contributed by atoms with Crippen LogP contribution in [0.5, 0.6) is 0 Å². The van der Waals surface area contributed by atoms with Gasteiger partial charge in [0.2, 0.25) is 5.91 Å². The van der Waals surface area contributed by atoms with Crippen LogP contribution in [0.1, 0.15) is 19.8 Å². The highest BCUT2D eigenvalue weighted by Gasteiger charge is 2.05. The van der Waals surface area contributed by atoms with E-state index >= 15 is 0 Å². The Hall–Kier alpha value is -0.640. The molecule has 0 radical (unpaired) electrons. The number of carbonyl (C=O) groups is 1. The number of thiocarbonyl (C=S) groups is 1. The van der Waals surface area contributed by atoms with Gasteiger partial charge in [0, 0.05) is 12.3 Å². The van der Waals surface area contributed by atoms with E-state index in [2.05, 4.69) is 0 Å². The molecule has 1 amide bonds. The van der Waals surface area contributed by atoms with Crippen LogP contribution in [0.3, 0.4) is 0 Å². The van der Waals surface area contributed by atoms with Gasteiger partial charge >= 0.3 is 0 Å². The maximum Gasteiger partial charge on any atom is 0.217 e. The molecule has 0 rings (SSSR count). The molecule has 4 N–H and O–H groups in total. The van der Waals surface area contributed by atoms with Crippen molar-refractivity contribution < 1.29 is 4.79 Å². The standard InChI is InChI=1S/C6H12N2OS/c1-4(6(8)10)2-3-5(7)9/h4H,2-3H2,1H3,(H2,7,9)(H2,8,10)/t4-/m0/s1. The SMILES string of the molecule is C[C@@H](CCC(N)=O)C(N)=S. The van der Waals surface area contributed by atoms with Crippen LogP contribution in [-0.4, -0.2) is 10.9 Å². The van der Waals surface area contributed by atoms with Crippen LogP contribution in [0.4, 0.5) is 0 Å². The molecule has 0 aliphatic heterocycles. The predicted octanol–water partition coefficient (Wildman–Crippen LogP) is 0.174. The Kier molecular flexibility index (Phi) is 3.95. The highest BCUT2D eigenvalue weighted by Crippen LogP contribution is 2.04. The number of primary amides is 1. The molecule has 10 heavy (non-hydrogen) atoms. The first-order chi connectivity index (χ1) is 4.54. The molecule has 0 unspecified atom stereocenters. The maximum atomic E-state index is 10.3. The van der Waals surface area contributed by atoms with Crippen molar-refractivity contribution in [3.8, 4) is 0 Å². The zero-order valence-electron chi connectivity index (χ0n) is 5.96. The lowest BCUT2D eigenvalue weighted by Crippen LogP contribution is -2.20. The van der Waals surface area contributed by atoms with Gasteiger partial charge in [0.05, 0.1) is 4.99 Å². The van der Waals surface area contributed by atoms with E-state index in [0.717, 1.165) is 0 Å². The number of hydrogen-bond acceptors (Lipinski definition) is 2. The maximum absolute atomic E-state index is 10.3. The molecule has 58 valence electrons. The minimum Gasteiger partial charge on any atom is -0.393 e. The van der Waals surface area contributed by atoms with Crippen molar-refractivity contribution in [2.75, 3.05) is 0 Å². The average Bonchev–Trinajstić information content (AvgIpc) is 1.82. The summed E-state index contributed by atoms with van der Waals surface area (Å²) >= 11 is 4.70. The van der Waals surface area contributed by atoms with Crippen LogP contribution in [0.15, 0.2) is 0 Å². The fourth-order valence-electron chi connectivity index (χ4n) is 0.501. The summed E-state index contributed by atoms with van der Waals surface area (Å²) in [5, 5.41) is 0. The minimum absolute atomic E-state index is 0.113. The van der Waals surface area contributed by atoms with Crippen LogP contribution in [0.25, 0.3) is 0 Å². The molecular weight excluding hydrogens is 148 g/mol. The Morgan fingerprint density at radius 3 is 2.40 bits per heavy atom. The Labute approximate surface area is 65.8 Å². The number of carbonyl (C=O) groups excluding carboxylic acids is 1. The van der Waals surface area contributed by atoms with Gasteiger partial charge in [-0.2, -0.15) is 0 Å². The first kappa shape index (κ1) is 9.36. The average molecular weight is 160 g/mol. The van der Waals surface area contributed by atoms with Crippen molar-refractivity contribution in [2.45, 2.75) is 19.8 Å². The lowest BCUT2D eigenvalue weighted by atomic mass is 10.1. The van der Waals surface area contributed by atoms with Gasteiger partial charge in [0.15, 0.2) is 0 Å². The van der Waals surface area contributed by atoms with Gasteiger partial charge in [-0.1, -0.05) is 19.1 Å². The van der Waals surface area contributed by atoms with E-state index in [9.17, 15) is 4.79 Å². The molecule has 0 aromatic rings. The second-order valence-corrected chi connectivity index (χ2v) is 2.78. The van der Waals surface area contributed by atoms with Crippen LogP contribution >= 0.6 is 12.2 Å². The second kappa shape index (κ2) is 4.22. The molecule has 0 aliphatic carbocycles. The van der Waals surface area contributed by atoms with Crippen LogP contribution in [0.2, 0.25) is 0 Å². The van der Waals surface area contributed by atoms with Gasteiger partial charge in [-0.05, 0) is 6.42 Å². The molecular formula is C6H12N2OS. The molecule has 0 aliphatic rings. The topological polar surface area (TPSA) is 69.1 Å². The van der Waals surface area contributed by atoms with Crippen molar-refractivity contribution in [1.82, 2.24) is 0 Å². The Bertz CT molecular complexity index is 147. The van der Waals surface area contributed by atoms with Gasteiger partial charge < -0.3 is 11.5 Å². The van der Waals surface area contributed by atoms with Gasteiger partial charge in [-0.3, -0.25) is 4.79 Å². The van der Waals surface area contributed by atoms with E-state index in [1.807, 2.05) is 6.92 Å². The zero-order valence-corrected chi connectivity index (χ0v) is 6.78. The fraction of sp³-hybridized carbons (Fsp3) is 0.667. The molecule has 0 aromatic carbocycles. The molecule has 0 aromatic heterocycles. The first-order valence-corrected chi connectivity index (χ1v) is 3.52. The first-order valence-electron chi connectivity index (χ1n) is 3.11. The largest absolute Gasteiger partial charge is 0.393 e. The smallest absolute Gasteiger partial charge is 0.217 e. The summed E-state index contributed by atoms with van der Waals surface area (Å²) in [4.78, 5) is 10.7. The summed E-state index contributed by atoms with van der Waals surface area (Å²) in [7, 11) is 0. The summed E-state index contributed by atoms with van der Waals surface area (Å²) in [6, 6.07) is 0. The van der Waals surface area contributed by atoms with Crippen molar-refractivity contribution in [3.05, 3.63) is 0 Å². The zero-order chi connectivity index (χ0) is 8.15. The highest BCUT2D eigenvalue weighted by molar-refractivity contribution is 7.80. The minimum atomic E-state index is -0.303. The van der Waals surface area contributed by atoms with Gasteiger partial charge in [-0.15, -0.1) is 0 Å². The van der Waals surface area contributed by atoms with Crippen molar-refractivity contribution in [3.63, 3.8) is 0 Å². The van der Waals surface area contributed by atoms with Gasteiger partial charge in [0.25, 0.3) is 0 Å². The molecule has 0 heterocycles. The van der Waals surface area contributed by atoms with Crippen molar-refractivity contribution in [1.29, 1.82) is 0 Å². The van der Waals surface area contributed by atoms with Crippen molar-refractivity contribution in [2.24, 2.45) is 17.4 Å². The molecule has 0 bridgehead atoms. The van der Waals surface area contributed by atoms with Crippen LogP contribution in [0, 0.1) is 5.92 Å². The van der Waals surface area contributed by atoms with Crippen molar-refractivity contribution >= 4 is 23.1 Å². The van der Waals surface area contributed by atoms with Crippen LogP contribution < -0.4 is 11.5 Å². The van der Waals surface area contributed by atoms with E-state index in [1.165, 1.54) is 0 Å². The Balaban J connectivity index is 3.49. The molecule has 0 fully saturated rings. The van der Waals surface area contributed by atoms with E-state index in [1.54, 1.807) is 0 Å². The third-order valence-electron chi connectivity index (χ3n) is 1.31. The molecule has 3 nitrogen and oxygen atoms in total. The third kappa shape index (κ3) is 4.26. The summed E-state index contributed by atoms with van der Waals surface area (Å²) in [6.07, 6.45) is 1.02. The third-order valence-corrected chi connectivity index (χ3v) is 1.71. The van der Waals surface area contributed by atoms with Gasteiger partial charge in [-0.25, -0.2) is 0 Å². The lowest BCUT2D eigenvalue weighted by molar-refractivity contribution is -0.118. The number of amides is 1. The molecule has 0 saturated heterocycles. The Morgan fingerprint density at radius 2 is 2.10 bits per heavy atom. The van der Waals surface area contributed by atoms with E-state index in [4.69, 9.17) is 23.7 Å². The Morgan fingerprint density at radius 1 is 1.60 bits per heavy atom. The fourth-order valence-corrected chi connectivity index (χ4v) is 0.619. The summed E-state index contributed by atoms with van der Waals surface area (Å²) in [5.41, 5.74) is 10.2. The van der Waals surface area contributed by atoms with Crippen LogP contribution in [-0.2, 0) is 4.79 Å². The lowest BCUT2D eigenvalue weighted by Gasteiger charge is -2.05. The molecule has 1 atom stereocenters. The predicted molar refractivity (Wildman–Crippen MR) is 44.4 cm³/mol. The van der Waals surface area contributed by atoms with Gasteiger partial charge in [0.1, 0.15) is 0 Å². The normalized spacial score (nSPS) is 12.5. The number of nitrogens with two attached hydrogens (primary N) is 2. The summed E-state index contributed by atoms with van der Waals surface area (Å²) < 4.78 is 0. The quantitative estimate of drug-likeness (QED) is 0.576. The molecule has 0 saturated carbocycles. The highest BCUT2D eigenvalue weighted by atomic mass is 32.1.